The molecule has 1 aliphatic heterocycles. The van der Waals surface area contributed by atoms with Crippen LogP contribution in [0.25, 0.3) is 0 Å². The molecule has 1 aliphatic rings. The molecule has 1 aromatic carbocycles. The first-order chi connectivity index (χ1) is 16.1. The molecule has 2 aromatic rings. The van der Waals surface area contributed by atoms with Crippen LogP contribution in [0.4, 0.5) is 11.5 Å². The minimum absolute atomic E-state index is 0.00874. The van der Waals surface area contributed by atoms with Crippen molar-refractivity contribution in [3.05, 3.63) is 42.0 Å². The smallest absolute Gasteiger partial charge is 0.234 e. The van der Waals surface area contributed by atoms with Crippen LogP contribution in [-0.2, 0) is 16.0 Å². The third-order valence-electron chi connectivity index (χ3n) is 5.70. The van der Waals surface area contributed by atoms with Crippen molar-refractivity contribution in [2.45, 2.75) is 57.4 Å². The molecule has 7 nitrogen and oxygen atoms in total. The monoisotopic (exact) mass is 469 g/mol. The van der Waals surface area contributed by atoms with E-state index in [9.17, 15) is 9.59 Å². The number of hydrogen-bond donors (Lipinski definition) is 2. The Morgan fingerprint density at radius 3 is 2.61 bits per heavy atom. The first kappa shape index (κ1) is 25.0. The SMILES string of the molecule is CCCCc1ccc(NC(=O)CSc2ccc(N3CCCC(C(=O)NCCC)C3)nn2)cc1. The molecule has 2 amide bonds. The molecule has 0 saturated carbocycles. The third kappa shape index (κ3) is 8.03. The summed E-state index contributed by atoms with van der Waals surface area (Å²) < 4.78 is 0. The largest absolute Gasteiger partial charge is 0.356 e. The summed E-state index contributed by atoms with van der Waals surface area (Å²) in [5.74, 6) is 1.10. The van der Waals surface area contributed by atoms with E-state index in [0.717, 1.165) is 50.3 Å². The van der Waals surface area contributed by atoms with Gasteiger partial charge in [0, 0.05) is 25.3 Å². The summed E-state index contributed by atoms with van der Waals surface area (Å²) in [6.45, 7) is 6.49. The Morgan fingerprint density at radius 1 is 1.09 bits per heavy atom. The highest BCUT2D eigenvalue weighted by molar-refractivity contribution is 7.99. The van der Waals surface area contributed by atoms with Crippen molar-refractivity contribution in [1.82, 2.24) is 15.5 Å². The molecule has 0 radical (unpaired) electrons. The second-order valence-corrected chi connectivity index (χ2v) is 9.44. The van der Waals surface area contributed by atoms with Crippen molar-refractivity contribution in [3.63, 3.8) is 0 Å². The highest BCUT2D eigenvalue weighted by atomic mass is 32.2. The summed E-state index contributed by atoms with van der Waals surface area (Å²) in [6.07, 6.45) is 6.23. The first-order valence-electron chi connectivity index (χ1n) is 12.0. The minimum Gasteiger partial charge on any atom is -0.356 e. The number of nitrogens with one attached hydrogen (secondary N) is 2. The summed E-state index contributed by atoms with van der Waals surface area (Å²) in [5.41, 5.74) is 2.10. The summed E-state index contributed by atoms with van der Waals surface area (Å²) in [5, 5.41) is 15.3. The normalized spacial score (nSPS) is 15.8. The Hall–Kier alpha value is -2.61. The number of piperidine rings is 1. The maximum absolute atomic E-state index is 12.3. The lowest BCUT2D eigenvalue weighted by Gasteiger charge is -2.32. The van der Waals surface area contributed by atoms with Crippen LogP contribution in [0.2, 0.25) is 0 Å². The maximum Gasteiger partial charge on any atom is 0.234 e. The minimum atomic E-state index is -0.0656. The number of nitrogens with zero attached hydrogens (tertiary/aromatic N) is 3. The Kier molecular flexibility index (Phi) is 10.00. The van der Waals surface area contributed by atoms with Gasteiger partial charge in [-0.05, 0) is 61.9 Å². The number of aromatic nitrogens is 2. The van der Waals surface area contributed by atoms with E-state index in [4.69, 9.17) is 0 Å². The number of rotatable bonds is 11. The van der Waals surface area contributed by atoms with Crippen LogP contribution in [0.15, 0.2) is 41.4 Å². The number of amides is 2. The van der Waals surface area contributed by atoms with Gasteiger partial charge in [-0.3, -0.25) is 9.59 Å². The van der Waals surface area contributed by atoms with E-state index in [0.29, 0.717) is 11.6 Å². The number of thioether (sulfide) groups is 1. The van der Waals surface area contributed by atoms with E-state index in [1.54, 1.807) is 0 Å². The van der Waals surface area contributed by atoms with Crippen LogP contribution in [0, 0.1) is 5.92 Å². The van der Waals surface area contributed by atoms with Crippen molar-refractivity contribution < 1.29 is 9.59 Å². The fourth-order valence-corrected chi connectivity index (χ4v) is 4.44. The van der Waals surface area contributed by atoms with Gasteiger partial charge in [0.1, 0.15) is 5.03 Å². The number of carbonyl (C=O) groups excluding carboxylic acids is 2. The van der Waals surface area contributed by atoms with E-state index >= 15 is 0 Å². The first-order valence-corrected chi connectivity index (χ1v) is 13.0. The highest BCUT2D eigenvalue weighted by Crippen LogP contribution is 2.23. The molecule has 3 rings (SSSR count). The number of aryl methyl sites for hydroxylation is 1. The molecule has 0 spiro atoms. The number of unbranched alkanes of at least 4 members (excludes halogenated alkanes) is 1. The van der Waals surface area contributed by atoms with Gasteiger partial charge in [-0.15, -0.1) is 10.2 Å². The van der Waals surface area contributed by atoms with Crippen LogP contribution in [0.3, 0.4) is 0 Å². The number of hydrogen-bond acceptors (Lipinski definition) is 6. The van der Waals surface area contributed by atoms with Gasteiger partial charge in [-0.25, -0.2) is 0 Å². The zero-order chi connectivity index (χ0) is 23.5. The Morgan fingerprint density at radius 2 is 1.91 bits per heavy atom. The van der Waals surface area contributed by atoms with Gasteiger partial charge in [-0.2, -0.15) is 0 Å². The molecule has 8 heteroatoms. The molecule has 178 valence electrons. The van der Waals surface area contributed by atoms with E-state index in [1.165, 1.54) is 30.2 Å². The fourth-order valence-electron chi connectivity index (χ4n) is 3.82. The van der Waals surface area contributed by atoms with Gasteiger partial charge in [0.15, 0.2) is 5.82 Å². The summed E-state index contributed by atoms with van der Waals surface area (Å²) in [7, 11) is 0. The summed E-state index contributed by atoms with van der Waals surface area (Å²) >= 11 is 1.36. The van der Waals surface area contributed by atoms with Crippen molar-refractivity contribution in [1.29, 1.82) is 0 Å². The fraction of sp³-hybridized carbons (Fsp3) is 0.520. The van der Waals surface area contributed by atoms with Crippen LogP contribution in [0.1, 0.15) is 51.5 Å². The number of anilines is 2. The molecule has 1 atom stereocenters. The van der Waals surface area contributed by atoms with E-state index < -0.39 is 0 Å². The molecule has 1 saturated heterocycles. The van der Waals surface area contributed by atoms with Crippen LogP contribution < -0.4 is 15.5 Å². The average molecular weight is 470 g/mol. The number of benzene rings is 1. The lowest BCUT2D eigenvalue weighted by atomic mass is 9.97. The quantitative estimate of drug-likeness (QED) is 0.477. The predicted octanol–water partition coefficient (Wildman–Crippen LogP) is 4.29. The van der Waals surface area contributed by atoms with Gasteiger partial charge < -0.3 is 15.5 Å². The third-order valence-corrected chi connectivity index (χ3v) is 6.62. The molecule has 1 aromatic heterocycles. The van der Waals surface area contributed by atoms with Gasteiger partial charge >= 0.3 is 0 Å². The van der Waals surface area contributed by atoms with Crippen LogP contribution in [0.5, 0.6) is 0 Å². The maximum atomic E-state index is 12.3. The van der Waals surface area contributed by atoms with Gasteiger partial charge in [0.25, 0.3) is 0 Å². The average Bonchev–Trinajstić information content (AvgIpc) is 2.86. The van der Waals surface area contributed by atoms with Crippen molar-refractivity contribution in [2.24, 2.45) is 5.92 Å². The van der Waals surface area contributed by atoms with Crippen molar-refractivity contribution in [3.8, 4) is 0 Å². The van der Waals surface area contributed by atoms with Gasteiger partial charge in [-0.1, -0.05) is 44.2 Å². The van der Waals surface area contributed by atoms with E-state index in [-0.39, 0.29) is 23.5 Å². The van der Waals surface area contributed by atoms with Crippen LogP contribution in [-0.4, -0.2) is 47.4 Å². The molecule has 2 N–H and O–H groups in total. The molecule has 33 heavy (non-hydrogen) atoms. The van der Waals surface area contributed by atoms with Crippen molar-refractivity contribution >= 4 is 35.1 Å². The lowest BCUT2D eigenvalue weighted by molar-refractivity contribution is -0.125. The standard InChI is InChI=1S/C25H35N5O2S/c1-3-5-7-19-9-11-21(12-10-19)27-23(31)18-33-24-14-13-22(28-29-24)30-16-6-8-20(17-30)25(32)26-15-4-2/h9-14,20H,3-8,15-18H2,1-2H3,(H,26,32)(H,27,31). The molecular weight excluding hydrogens is 434 g/mol. The molecule has 1 unspecified atom stereocenters. The highest BCUT2D eigenvalue weighted by Gasteiger charge is 2.26. The number of carbonyl (C=O) groups is 2. The molecule has 1 fully saturated rings. The second kappa shape index (κ2) is 13.2. The lowest BCUT2D eigenvalue weighted by Crippen LogP contribution is -2.43. The zero-order valence-corrected chi connectivity index (χ0v) is 20.5. The van der Waals surface area contributed by atoms with E-state index in [2.05, 4.69) is 51.7 Å². The molecule has 0 aliphatic carbocycles. The molecule has 0 bridgehead atoms. The van der Waals surface area contributed by atoms with Crippen LogP contribution >= 0.6 is 11.8 Å². The van der Waals surface area contributed by atoms with E-state index in [1.807, 2.05) is 24.3 Å². The summed E-state index contributed by atoms with van der Waals surface area (Å²) in [4.78, 5) is 26.7. The predicted molar refractivity (Wildman–Crippen MR) is 135 cm³/mol. The Balaban J connectivity index is 1.45. The van der Waals surface area contributed by atoms with Gasteiger partial charge in [0.05, 0.1) is 11.7 Å². The Labute approximate surface area is 201 Å². The topological polar surface area (TPSA) is 87.2 Å². The Bertz CT molecular complexity index is 889. The summed E-state index contributed by atoms with van der Waals surface area (Å²) in [6, 6.07) is 11.9. The van der Waals surface area contributed by atoms with Gasteiger partial charge in [0.2, 0.25) is 11.8 Å². The molecular formula is C25H35N5O2S. The van der Waals surface area contributed by atoms with Crippen molar-refractivity contribution in [2.75, 3.05) is 35.6 Å². The second-order valence-electron chi connectivity index (χ2n) is 8.44. The zero-order valence-electron chi connectivity index (χ0n) is 19.7. The molecule has 2 heterocycles.